The van der Waals surface area contributed by atoms with Gasteiger partial charge in [0.25, 0.3) is 5.69 Å². The molecule has 3 rings (SSSR count). The van der Waals surface area contributed by atoms with Crippen LogP contribution in [-0.4, -0.2) is 32.0 Å². The third-order valence-corrected chi connectivity index (χ3v) is 7.27. The zero-order chi connectivity index (χ0) is 24.2. The van der Waals surface area contributed by atoms with Gasteiger partial charge in [-0.1, -0.05) is 24.3 Å². The second-order valence-corrected chi connectivity index (χ2v) is 10.6. The summed E-state index contributed by atoms with van der Waals surface area (Å²) in [5.41, 5.74) is 4.50. The Hall–Kier alpha value is -2.94. The van der Waals surface area contributed by atoms with Gasteiger partial charge in [0.2, 0.25) is 15.9 Å². The number of amides is 1. The maximum Gasteiger partial charge on any atom is 0.271 e. The maximum atomic E-state index is 12.5. The van der Waals surface area contributed by atoms with Gasteiger partial charge in [0.05, 0.1) is 22.9 Å². The van der Waals surface area contributed by atoms with Crippen LogP contribution in [0.4, 0.5) is 11.4 Å². The van der Waals surface area contributed by atoms with Crippen LogP contribution in [0.25, 0.3) is 0 Å². The number of carbonyl (C=O) groups excluding carboxylic acids is 1. The number of nitro benzene ring substituents is 1. The monoisotopic (exact) mass is 473 g/mol. The van der Waals surface area contributed by atoms with E-state index in [9.17, 15) is 23.3 Å². The Morgan fingerprint density at radius 2 is 1.85 bits per heavy atom. The number of anilines is 1. The number of aryl methyl sites for hydroxylation is 3. The highest BCUT2D eigenvalue weighted by atomic mass is 32.2. The molecule has 0 spiro atoms. The molecule has 178 valence electrons. The van der Waals surface area contributed by atoms with E-state index in [2.05, 4.69) is 23.5 Å². The third kappa shape index (κ3) is 6.31. The molecule has 9 heteroatoms. The molecule has 0 saturated carbocycles. The fourth-order valence-electron chi connectivity index (χ4n) is 4.25. The fourth-order valence-corrected chi connectivity index (χ4v) is 5.26. The molecule has 0 bridgehead atoms. The van der Waals surface area contributed by atoms with Gasteiger partial charge in [0, 0.05) is 25.1 Å². The normalized spacial score (nSPS) is 14.3. The fraction of sp³-hybridized carbons (Fsp3) is 0.458. The minimum atomic E-state index is -3.68. The summed E-state index contributed by atoms with van der Waals surface area (Å²) in [7, 11) is -3.68. The van der Waals surface area contributed by atoms with Crippen molar-refractivity contribution in [3.63, 3.8) is 0 Å². The highest BCUT2D eigenvalue weighted by Crippen LogP contribution is 2.28. The van der Waals surface area contributed by atoms with Gasteiger partial charge in [0.1, 0.15) is 0 Å². The van der Waals surface area contributed by atoms with Gasteiger partial charge >= 0.3 is 0 Å². The Morgan fingerprint density at radius 1 is 1.15 bits per heavy atom. The first-order valence-corrected chi connectivity index (χ1v) is 13.0. The van der Waals surface area contributed by atoms with Crippen LogP contribution in [0, 0.1) is 17.0 Å². The lowest BCUT2D eigenvalue weighted by Crippen LogP contribution is -2.33. The second-order valence-electron chi connectivity index (χ2n) is 8.69. The van der Waals surface area contributed by atoms with Crippen LogP contribution in [0.5, 0.6) is 0 Å². The Kier molecular flexibility index (Phi) is 7.73. The molecule has 2 aromatic rings. The van der Waals surface area contributed by atoms with E-state index in [-0.39, 0.29) is 42.7 Å². The van der Waals surface area contributed by atoms with Crippen molar-refractivity contribution in [3.05, 3.63) is 68.8 Å². The van der Waals surface area contributed by atoms with Gasteiger partial charge in [-0.2, -0.15) is 0 Å². The number of nitrogens with one attached hydrogen (secondary N) is 1. The van der Waals surface area contributed by atoms with Crippen molar-refractivity contribution in [1.29, 1.82) is 0 Å². The molecule has 1 aliphatic carbocycles. The number of nitrogens with zero attached hydrogens (tertiary/aromatic N) is 2. The standard InChI is InChI=1S/C24H31N3O5S/c1-17-10-13-22(27(29)30)16-23(17)26(33(3,31)32)14-6-9-24(28)25-18(2)20-12-11-19-7-4-5-8-21(19)15-20/h10-13,15-16,18H,4-9,14H2,1-3H3,(H,25,28). The Labute approximate surface area is 195 Å². The number of non-ortho nitro benzene ring substituents is 1. The van der Waals surface area contributed by atoms with Crippen LogP contribution >= 0.6 is 0 Å². The van der Waals surface area contributed by atoms with E-state index < -0.39 is 14.9 Å². The molecule has 2 aromatic carbocycles. The van der Waals surface area contributed by atoms with Gasteiger partial charge in [-0.05, 0) is 68.2 Å². The third-order valence-electron chi connectivity index (χ3n) is 6.09. The average molecular weight is 474 g/mol. The van der Waals surface area contributed by atoms with Gasteiger partial charge < -0.3 is 5.32 Å². The zero-order valence-corrected chi connectivity index (χ0v) is 20.2. The molecule has 1 aliphatic rings. The zero-order valence-electron chi connectivity index (χ0n) is 19.3. The van der Waals surface area contributed by atoms with E-state index in [1.807, 2.05) is 6.92 Å². The van der Waals surface area contributed by atoms with Crippen molar-refractivity contribution in [2.45, 2.75) is 58.4 Å². The van der Waals surface area contributed by atoms with Crippen molar-refractivity contribution >= 4 is 27.3 Å². The van der Waals surface area contributed by atoms with Crippen molar-refractivity contribution in [2.24, 2.45) is 0 Å². The van der Waals surface area contributed by atoms with Crippen molar-refractivity contribution in [2.75, 3.05) is 17.1 Å². The Bertz CT molecular complexity index is 1150. The van der Waals surface area contributed by atoms with Gasteiger partial charge in [0.15, 0.2) is 0 Å². The Balaban J connectivity index is 1.62. The van der Waals surface area contributed by atoms with Crippen LogP contribution in [0.2, 0.25) is 0 Å². The molecule has 1 N–H and O–H groups in total. The minimum absolute atomic E-state index is 0.0570. The molecular weight excluding hydrogens is 442 g/mol. The average Bonchev–Trinajstić information content (AvgIpc) is 2.76. The first-order chi connectivity index (χ1) is 15.6. The van der Waals surface area contributed by atoms with Crippen molar-refractivity contribution in [1.82, 2.24) is 5.32 Å². The summed E-state index contributed by atoms with van der Waals surface area (Å²) in [5.74, 6) is -0.163. The summed E-state index contributed by atoms with van der Waals surface area (Å²) in [6, 6.07) is 10.4. The summed E-state index contributed by atoms with van der Waals surface area (Å²) in [6.45, 7) is 3.70. The quantitative estimate of drug-likeness (QED) is 0.433. The predicted molar refractivity (Wildman–Crippen MR) is 129 cm³/mol. The van der Waals surface area contributed by atoms with Gasteiger partial charge in [-0.25, -0.2) is 8.42 Å². The van der Waals surface area contributed by atoms with E-state index in [0.717, 1.165) is 29.0 Å². The van der Waals surface area contributed by atoms with E-state index >= 15 is 0 Å². The molecule has 1 amide bonds. The minimum Gasteiger partial charge on any atom is -0.350 e. The number of rotatable bonds is 9. The molecule has 1 atom stereocenters. The molecule has 0 aliphatic heterocycles. The van der Waals surface area contributed by atoms with Crippen LogP contribution in [0.15, 0.2) is 36.4 Å². The number of sulfonamides is 1. The van der Waals surface area contributed by atoms with E-state index in [0.29, 0.717) is 5.56 Å². The molecule has 0 saturated heterocycles. The number of nitro groups is 1. The van der Waals surface area contributed by atoms with Gasteiger partial charge in [-0.3, -0.25) is 19.2 Å². The number of carbonyl (C=O) groups is 1. The van der Waals surface area contributed by atoms with Crippen LogP contribution in [0.3, 0.4) is 0 Å². The number of hydrogen-bond acceptors (Lipinski definition) is 5. The SMILES string of the molecule is Cc1ccc([N+](=O)[O-])cc1N(CCCC(=O)NC(C)c1ccc2c(c1)CCCC2)S(C)(=O)=O. The van der Waals surface area contributed by atoms with Crippen molar-refractivity contribution < 1.29 is 18.1 Å². The van der Waals surface area contributed by atoms with Crippen molar-refractivity contribution in [3.8, 4) is 0 Å². The van der Waals surface area contributed by atoms with Crippen LogP contribution < -0.4 is 9.62 Å². The molecule has 0 heterocycles. The van der Waals surface area contributed by atoms with E-state index in [4.69, 9.17) is 0 Å². The van der Waals surface area contributed by atoms with E-state index in [1.165, 1.54) is 42.2 Å². The van der Waals surface area contributed by atoms with Crippen LogP contribution in [-0.2, 0) is 27.7 Å². The first-order valence-electron chi connectivity index (χ1n) is 11.2. The molecule has 1 unspecified atom stereocenters. The topological polar surface area (TPSA) is 110 Å². The highest BCUT2D eigenvalue weighted by Gasteiger charge is 2.22. The smallest absolute Gasteiger partial charge is 0.271 e. The summed E-state index contributed by atoms with van der Waals surface area (Å²) < 4.78 is 25.9. The highest BCUT2D eigenvalue weighted by molar-refractivity contribution is 7.92. The molecule has 0 aromatic heterocycles. The molecule has 0 fully saturated rings. The molecule has 8 nitrogen and oxygen atoms in total. The first kappa shape index (κ1) is 24.7. The largest absolute Gasteiger partial charge is 0.350 e. The lowest BCUT2D eigenvalue weighted by Gasteiger charge is -2.24. The Morgan fingerprint density at radius 3 is 2.52 bits per heavy atom. The molecule has 0 radical (unpaired) electrons. The van der Waals surface area contributed by atoms with Gasteiger partial charge in [-0.15, -0.1) is 0 Å². The van der Waals surface area contributed by atoms with E-state index in [1.54, 1.807) is 6.92 Å². The number of benzene rings is 2. The second kappa shape index (κ2) is 10.3. The number of fused-ring (bicyclic) bond motifs is 1. The molecule has 33 heavy (non-hydrogen) atoms. The summed E-state index contributed by atoms with van der Waals surface area (Å²) >= 11 is 0. The summed E-state index contributed by atoms with van der Waals surface area (Å²) in [6.07, 6.45) is 6.09. The lowest BCUT2D eigenvalue weighted by atomic mass is 9.89. The lowest BCUT2D eigenvalue weighted by molar-refractivity contribution is -0.384. The summed E-state index contributed by atoms with van der Waals surface area (Å²) in [4.78, 5) is 23.1. The molecular formula is C24H31N3O5S. The maximum absolute atomic E-state index is 12.5. The predicted octanol–water partition coefficient (Wildman–Crippen LogP) is 4.21. The van der Waals surface area contributed by atoms with Crippen LogP contribution in [0.1, 0.15) is 60.9 Å². The number of hydrogen-bond donors (Lipinski definition) is 1. The summed E-state index contributed by atoms with van der Waals surface area (Å²) in [5, 5.41) is 14.1.